The summed E-state index contributed by atoms with van der Waals surface area (Å²) in [5.41, 5.74) is 0. The lowest BCUT2D eigenvalue weighted by Crippen LogP contribution is -2.19. The minimum absolute atomic E-state index is 0.000429. The Bertz CT molecular complexity index is 557. The highest BCUT2D eigenvalue weighted by Gasteiger charge is 2.21. The number of carboxylic acid groups (broad SMARTS) is 1. The van der Waals surface area contributed by atoms with E-state index in [4.69, 9.17) is 4.74 Å². The molecule has 1 atom stereocenters. The van der Waals surface area contributed by atoms with Crippen molar-refractivity contribution in [1.29, 1.82) is 0 Å². The predicted octanol–water partition coefficient (Wildman–Crippen LogP) is 11.4. The summed E-state index contributed by atoms with van der Waals surface area (Å²) in [5.74, 6) is -1.87. The predicted molar refractivity (Wildman–Crippen MR) is 167 cm³/mol. The van der Waals surface area contributed by atoms with Gasteiger partial charge < -0.3 is 9.84 Å². The number of carbonyl (C=O) groups is 2. The van der Waals surface area contributed by atoms with Crippen LogP contribution in [-0.4, -0.2) is 23.7 Å². The SMILES string of the molecule is CCCCCCCCCCCCCCCCCCC/C=C/CCCCCCCC(CC(=O)OCCC)C(=O)O. The average molecular weight is 551 g/mol. The Morgan fingerprint density at radius 2 is 0.949 bits per heavy atom. The van der Waals surface area contributed by atoms with E-state index >= 15 is 0 Å². The summed E-state index contributed by atoms with van der Waals surface area (Å²) in [6.07, 6.45) is 38.1. The van der Waals surface area contributed by atoms with E-state index in [0.29, 0.717) is 13.0 Å². The summed E-state index contributed by atoms with van der Waals surface area (Å²) >= 11 is 0. The van der Waals surface area contributed by atoms with E-state index in [9.17, 15) is 14.7 Å². The fraction of sp³-hybridized carbons (Fsp3) is 0.886. The van der Waals surface area contributed by atoms with Gasteiger partial charge in [-0.3, -0.25) is 9.59 Å². The highest BCUT2D eigenvalue weighted by molar-refractivity contribution is 5.78. The first-order chi connectivity index (χ1) is 19.1. The van der Waals surface area contributed by atoms with Crippen LogP contribution < -0.4 is 0 Å². The normalized spacial score (nSPS) is 12.3. The third kappa shape index (κ3) is 29.5. The molecule has 0 saturated heterocycles. The second-order valence-corrected chi connectivity index (χ2v) is 11.7. The zero-order valence-corrected chi connectivity index (χ0v) is 26.2. The van der Waals surface area contributed by atoms with Crippen LogP contribution in [0.25, 0.3) is 0 Å². The Morgan fingerprint density at radius 1 is 0.564 bits per heavy atom. The monoisotopic (exact) mass is 550 g/mol. The van der Waals surface area contributed by atoms with Gasteiger partial charge in [-0.25, -0.2) is 0 Å². The van der Waals surface area contributed by atoms with Crippen LogP contribution in [0.15, 0.2) is 12.2 Å². The lowest BCUT2D eigenvalue weighted by Gasteiger charge is -2.11. The molecule has 0 bridgehead atoms. The zero-order valence-electron chi connectivity index (χ0n) is 26.2. The highest BCUT2D eigenvalue weighted by Crippen LogP contribution is 2.17. The van der Waals surface area contributed by atoms with Gasteiger partial charge in [-0.2, -0.15) is 0 Å². The molecular formula is C35H66O4. The fourth-order valence-electron chi connectivity index (χ4n) is 5.19. The number of carbonyl (C=O) groups excluding carboxylic acids is 1. The molecule has 0 heterocycles. The molecule has 0 amide bonds. The average Bonchev–Trinajstić information content (AvgIpc) is 2.93. The van der Waals surface area contributed by atoms with Crippen molar-refractivity contribution in [2.45, 2.75) is 187 Å². The maximum Gasteiger partial charge on any atom is 0.307 e. The number of rotatable bonds is 31. The van der Waals surface area contributed by atoms with E-state index in [1.807, 2.05) is 6.92 Å². The van der Waals surface area contributed by atoms with Gasteiger partial charge in [0.15, 0.2) is 0 Å². The van der Waals surface area contributed by atoms with Crippen LogP contribution in [0.4, 0.5) is 0 Å². The second kappa shape index (κ2) is 31.2. The Balaban J connectivity index is 3.34. The van der Waals surface area contributed by atoms with Crippen molar-refractivity contribution < 1.29 is 19.4 Å². The van der Waals surface area contributed by atoms with E-state index < -0.39 is 11.9 Å². The molecule has 0 aromatic carbocycles. The van der Waals surface area contributed by atoms with Crippen molar-refractivity contribution in [3.63, 3.8) is 0 Å². The molecule has 0 aliphatic heterocycles. The van der Waals surface area contributed by atoms with Crippen LogP contribution in [0, 0.1) is 5.92 Å². The Hall–Kier alpha value is -1.32. The third-order valence-electron chi connectivity index (χ3n) is 7.79. The van der Waals surface area contributed by atoms with Gasteiger partial charge in [0.1, 0.15) is 0 Å². The van der Waals surface area contributed by atoms with Crippen molar-refractivity contribution in [3.05, 3.63) is 12.2 Å². The Morgan fingerprint density at radius 3 is 1.33 bits per heavy atom. The van der Waals surface area contributed by atoms with Gasteiger partial charge in [-0.1, -0.05) is 154 Å². The summed E-state index contributed by atoms with van der Waals surface area (Å²) < 4.78 is 5.02. The molecule has 0 fully saturated rings. The molecule has 4 nitrogen and oxygen atoms in total. The number of allylic oxidation sites excluding steroid dienone is 2. The summed E-state index contributed by atoms with van der Waals surface area (Å²) in [6.45, 7) is 4.59. The molecule has 0 rings (SSSR count). The Labute approximate surface area is 243 Å². The van der Waals surface area contributed by atoms with Gasteiger partial charge in [0.25, 0.3) is 0 Å². The molecule has 4 heteroatoms. The smallest absolute Gasteiger partial charge is 0.307 e. The highest BCUT2D eigenvalue weighted by atomic mass is 16.5. The van der Waals surface area contributed by atoms with E-state index in [1.54, 1.807) is 0 Å². The molecule has 230 valence electrons. The van der Waals surface area contributed by atoms with Gasteiger partial charge in [-0.15, -0.1) is 0 Å². The number of carboxylic acids is 1. The molecule has 0 aromatic heterocycles. The molecule has 1 N–H and O–H groups in total. The van der Waals surface area contributed by atoms with Crippen LogP contribution >= 0.6 is 0 Å². The first-order valence-electron chi connectivity index (χ1n) is 17.1. The Kier molecular flexibility index (Phi) is 30.2. The molecule has 0 radical (unpaired) electrons. The minimum atomic E-state index is -0.881. The van der Waals surface area contributed by atoms with Crippen molar-refractivity contribution in [1.82, 2.24) is 0 Å². The molecule has 0 spiro atoms. The molecular weight excluding hydrogens is 484 g/mol. The summed E-state index contributed by atoms with van der Waals surface area (Å²) in [7, 11) is 0. The first kappa shape index (κ1) is 37.7. The maximum atomic E-state index is 11.7. The molecule has 0 aliphatic carbocycles. The number of ether oxygens (including phenoxy) is 1. The van der Waals surface area contributed by atoms with Gasteiger partial charge in [0, 0.05) is 0 Å². The van der Waals surface area contributed by atoms with Crippen LogP contribution in [0.3, 0.4) is 0 Å². The number of unbranched alkanes of at least 4 members (excludes halogenated alkanes) is 22. The summed E-state index contributed by atoms with van der Waals surface area (Å²) in [4.78, 5) is 23.0. The van der Waals surface area contributed by atoms with Crippen LogP contribution in [0.2, 0.25) is 0 Å². The van der Waals surface area contributed by atoms with Crippen LogP contribution in [0.5, 0.6) is 0 Å². The summed E-state index contributed by atoms with van der Waals surface area (Å²) in [5, 5.41) is 9.32. The number of aliphatic carboxylic acids is 1. The molecule has 0 saturated carbocycles. The third-order valence-corrected chi connectivity index (χ3v) is 7.79. The van der Waals surface area contributed by atoms with E-state index in [-0.39, 0.29) is 12.4 Å². The van der Waals surface area contributed by atoms with E-state index in [0.717, 1.165) is 32.1 Å². The van der Waals surface area contributed by atoms with Gasteiger partial charge in [-0.05, 0) is 38.5 Å². The molecule has 39 heavy (non-hydrogen) atoms. The van der Waals surface area contributed by atoms with Gasteiger partial charge >= 0.3 is 11.9 Å². The lowest BCUT2D eigenvalue weighted by molar-refractivity contribution is -0.151. The minimum Gasteiger partial charge on any atom is -0.481 e. The van der Waals surface area contributed by atoms with E-state index in [1.165, 1.54) is 128 Å². The maximum absolute atomic E-state index is 11.7. The van der Waals surface area contributed by atoms with Crippen molar-refractivity contribution in [2.75, 3.05) is 6.61 Å². The fourth-order valence-corrected chi connectivity index (χ4v) is 5.19. The van der Waals surface area contributed by atoms with Crippen molar-refractivity contribution in [2.24, 2.45) is 5.92 Å². The van der Waals surface area contributed by atoms with Crippen molar-refractivity contribution >= 4 is 11.9 Å². The first-order valence-corrected chi connectivity index (χ1v) is 17.1. The van der Waals surface area contributed by atoms with Crippen LogP contribution in [0.1, 0.15) is 187 Å². The number of esters is 1. The standard InChI is InChI=1S/C35H66O4/c1-3-5-6-7-8-9-10-11-12-13-14-15-16-17-18-19-20-21-22-23-24-25-26-27-28-29-30-33(35(37)38)32-34(36)39-31-4-2/h22-23,33H,3-21,24-32H2,1-2H3,(H,37,38)/b23-22+. The lowest BCUT2D eigenvalue weighted by atomic mass is 9.97. The van der Waals surface area contributed by atoms with Gasteiger partial charge in [0.2, 0.25) is 0 Å². The van der Waals surface area contributed by atoms with E-state index in [2.05, 4.69) is 19.1 Å². The number of hydrogen-bond donors (Lipinski definition) is 1. The second-order valence-electron chi connectivity index (χ2n) is 11.7. The quantitative estimate of drug-likeness (QED) is 0.0529. The largest absolute Gasteiger partial charge is 0.481 e. The number of hydrogen-bond acceptors (Lipinski definition) is 3. The topological polar surface area (TPSA) is 63.6 Å². The van der Waals surface area contributed by atoms with Gasteiger partial charge in [0.05, 0.1) is 18.9 Å². The summed E-state index contributed by atoms with van der Waals surface area (Å²) in [6, 6.07) is 0. The molecule has 0 aliphatic rings. The molecule has 1 unspecified atom stereocenters. The van der Waals surface area contributed by atoms with Crippen molar-refractivity contribution in [3.8, 4) is 0 Å². The molecule has 0 aromatic rings. The zero-order chi connectivity index (χ0) is 28.7. The van der Waals surface area contributed by atoms with Crippen LogP contribution in [-0.2, 0) is 14.3 Å².